The Bertz CT molecular complexity index is 592. The molecule has 1 saturated heterocycles. The lowest BCUT2D eigenvalue weighted by Gasteiger charge is -2.30. The Morgan fingerprint density at radius 1 is 1.29 bits per heavy atom. The molecule has 21 heavy (non-hydrogen) atoms. The van der Waals surface area contributed by atoms with Crippen LogP contribution < -0.4 is 0 Å². The Balaban J connectivity index is 1.98. The Morgan fingerprint density at radius 2 is 1.95 bits per heavy atom. The number of rotatable bonds is 5. The number of benzene rings is 1. The number of hydrogen-bond acceptors (Lipinski definition) is 3. The van der Waals surface area contributed by atoms with Gasteiger partial charge < -0.3 is 0 Å². The molecule has 0 radical (unpaired) electrons. The minimum atomic E-state index is -3.15. The van der Waals surface area contributed by atoms with E-state index in [1.165, 1.54) is 16.1 Å². The van der Waals surface area contributed by atoms with Gasteiger partial charge in [0, 0.05) is 25.1 Å². The fraction of sp³-hybridized carbons (Fsp3) is 0.562. The minimum Gasteiger partial charge on any atom is -0.294 e. The maximum Gasteiger partial charge on any atom is 0.211 e. The minimum absolute atomic E-state index is 0.109. The summed E-state index contributed by atoms with van der Waals surface area (Å²) in [5, 5.41) is 0. The van der Waals surface area contributed by atoms with Gasteiger partial charge in [-0.15, -0.1) is 0 Å². The summed E-state index contributed by atoms with van der Waals surface area (Å²) >= 11 is 0. The highest BCUT2D eigenvalue weighted by atomic mass is 32.2. The second-order valence-corrected chi connectivity index (χ2v) is 7.79. The lowest BCUT2D eigenvalue weighted by atomic mass is 9.91. The molecule has 1 fully saturated rings. The predicted molar refractivity (Wildman–Crippen MR) is 83.9 cm³/mol. The van der Waals surface area contributed by atoms with Crippen LogP contribution >= 0.6 is 0 Å². The molecule has 1 aromatic rings. The van der Waals surface area contributed by atoms with E-state index in [4.69, 9.17) is 0 Å². The van der Waals surface area contributed by atoms with E-state index in [1.54, 1.807) is 0 Å². The highest BCUT2D eigenvalue weighted by Crippen LogP contribution is 2.23. The van der Waals surface area contributed by atoms with Crippen molar-refractivity contribution in [1.29, 1.82) is 0 Å². The molecule has 1 aliphatic heterocycles. The van der Waals surface area contributed by atoms with Crippen LogP contribution in [-0.4, -0.2) is 37.9 Å². The molecule has 0 N–H and O–H groups in total. The summed E-state index contributed by atoms with van der Waals surface area (Å²) < 4.78 is 24.7. The number of nitrogens with zero attached hydrogens (tertiary/aromatic N) is 1. The van der Waals surface area contributed by atoms with Crippen molar-refractivity contribution >= 4 is 15.8 Å². The van der Waals surface area contributed by atoms with E-state index in [-0.39, 0.29) is 11.7 Å². The van der Waals surface area contributed by atoms with Crippen molar-refractivity contribution in [2.45, 2.75) is 32.6 Å². The number of carbonyl (C=O) groups is 1. The van der Waals surface area contributed by atoms with Crippen molar-refractivity contribution in [3.63, 3.8) is 0 Å². The van der Waals surface area contributed by atoms with E-state index in [2.05, 4.69) is 6.92 Å². The molecular formula is C16H23NO3S. The Kier molecular flexibility index (Phi) is 5.17. The van der Waals surface area contributed by atoms with Gasteiger partial charge in [0.2, 0.25) is 10.0 Å². The molecule has 0 spiro atoms. The third-order valence-electron chi connectivity index (χ3n) is 4.11. The number of hydrogen-bond donors (Lipinski definition) is 0. The molecule has 1 heterocycles. The van der Waals surface area contributed by atoms with Crippen molar-refractivity contribution < 1.29 is 13.2 Å². The van der Waals surface area contributed by atoms with Crippen molar-refractivity contribution in [2.24, 2.45) is 5.92 Å². The van der Waals surface area contributed by atoms with E-state index in [1.807, 2.05) is 24.3 Å². The Hall–Kier alpha value is -1.20. The molecule has 4 nitrogen and oxygen atoms in total. The average Bonchev–Trinajstić information content (AvgIpc) is 2.47. The highest BCUT2D eigenvalue weighted by Gasteiger charge is 2.27. The molecule has 1 unspecified atom stereocenters. The van der Waals surface area contributed by atoms with Crippen LogP contribution in [0.5, 0.6) is 0 Å². The maximum atomic E-state index is 12.3. The zero-order valence-electron chi connectivity index (χ0n) is 12.7. The lowest BCUT2D eigenvalue weighted by Crippen LogP contribution is -2.39. The van der Waals surface area contributed by atoms with Crippen molar-refractivity contribution in [2.75, 3.05) is 19.3 Å². The molecule has 0 bridgehead atoms. The predicted octanol–water partition coefficient (Wildman–Crippen LogP) is 2.49. The maximum absolute atomic E-state index is 12.3. The van der Waals surface area contributed by atoms with Gasteiger partial charge in [0.1, 0.15) is 0 Å². The first-order chi connectivity index (χ1) is 9.90. The third-order valence-corrected chi connectivity index (χ3v) is 5.38. The van der Waals surface area contributed by atoms with Crippen LogP contribution in [0.25, 0.3) is 0 Å². The molecule has 2 rings (SSSR count). The van der Waals surface area contributed by atoms with Gasteiger partial charge in [-0.3, -0.25) is 4.79 Å². The molecule has 0 aliphatic carbocycles. The molecular weight excluding hydrogens is 286 g/mol. The third kappa shape index (κ3) is 4.38. The summed E-state index contributed by atoms with van der Waals surface area (Å²) in [6.45, 7) is 3.13. The molecule has 5 heteroatoms. The van der Waals surface area contributed by atoms with Gasteiger partial charge >= 0.3 is 0 Å². The van der Waals surface area contributed by atoms with E-state index >= 15 is 0 Å². The molecule has 116 valence electrons. The van der Waals surface area contributed by atoms with Gasteiger partial charge in [-0.05, 0) is 30.7 Å². The Morgan fingerprint density at radius 3 is 2.52 bits per heavy atom. The van der Waals surface area contributed by atoms with Crippen LogP contribution in [-0.2, 0) is 16.4 Å². The zero-order valence-corrected chi connectivity index (χ0v) is 13.5. The Labute approximate surface area is 127 Å². The second kappa shape index (κ2) is 6.71. The van der Waals surface area contributed by atoms with E-state index in [0.29, 0.717) is 19.5 Å². The number of aryl methyl sites for hydroxylation is 1. The summed E-state index contributed by atoms with van der Waals surface area (Å²) in [5.74, 6) is 0.241. The SMILES string of the molecule is CCc1ccc(C(=O)CC2CCCN(S(C)(=O)=O)C2)cc1. The van der Waals surface area contributed by atoms with Crippen LogP contribution in [0, 0.1) is 5.92 Å². The standard InChI is InChI=1S/C16H23NO3S/c1-3-13-6-8-15(9-7-13)16(18)11-14-5-4-10-17(12-14)21(2,19)20/h6-9,14H,3-5,10-12H2,1-2H3. The van der Waals surface area contributed by atoms with Gasteiger partial charge in [0.25, 0.3) is 0 Å². The van der Waals surface area contributed by atoms with Gasteiger partial charge in [-0.2, -0.15) is 0 Å². The highest BCUT2D eigenvalue weighted by molar-refractivity contribution is 7.88. The quantitative estimate of drug-likeness (QED) is 0.785. The van der Waals surface area contributed by atoms with Gasteiger partial charge in [-0.25, -0.2) is 12.7 Å². The molecule has 1 atom stereocenters. The van der Waals surface area contributed by atoms with Crippen LogP contribution in [0.2, 0.25) is 0 Å². The van der Waals surface area contributed by atoms with Crippen LogP contribution in [0.3, 0.4) is 0 Å². The van der Waals surface area contributed by atoms with Crippen molar-refractivity contribution in [1.82, 2.24) is 4.31 Å². The van der Waals surface area contributed by atoms with Crippen molar-refractivity contribution in [3.8, 4) is 0 Å². The molecule has 0 saturated carbocycles. The summed E-state index contributed by atoms with van der Waals surface area (Å²) in [6, 6.07) is 7.71. The summed E-state index contributed by atoms with van der Waals surface area (Å²) in [7, 11) is -3.15. The number of piperidine rings is 1. The van der Waals surface area contributed by atoms with Gasteiger partial charge in [0.15, 0.2) is 5.78 Å². The van der Waals surface area contributed by atoms with E-state index in [9.17, 15) is 13.2 Å². The van der Waals surface area contributed by atoms with Crippen molar-refractivity contribution in [3.05, 3.63) is 35.4 Å². The second-order valence-electron chi connectivity index (χ2n) is 5.81. The average molecular weight is 309 g/mol. The van der Waals surface area contributed by atoms with E-state index < -0.39 is 10.0 Å². The first-order valence-electron chi connectivity index (χ1n) is 7.47. The number of Topliss-reactive ketones (excluding diaryl/α,β-unsaturated/α-hetero) is 1. The first kappa shape index (κ1) is 16.2. The fourth-order valence-corrected chi connectivity index (χ4v) is 3.74. The van der Waals surface area contributed by atoms with Gasteiger partial charge in [-0.1, -0.05) is 31.2 Å². The molecule has 1 aromatic carbocycles. The first-order valence-corrected chi connectivity index (χ1v) is 9.32. The summed E-state index contributed by atoms with van der Waals surface area (Å²) in [4.78, 5) is 12.3. The van der Waals surface area contributed by atoms with Crippen LogP contribution in [0.4, 0.5) is 0 Å². The monoisotopic (exact) mass is 309 g/mol. The molecule has 0 aromatic heterocycles. The molecule has 0 amide bonds. The number of carbonyl (C=O) groups excluding carboxylic acids is 1. The van der Waals surface area contributed by atoms with Gasteiger partial charge in [0.05, 0.1) is 6.26 Å². The zero-order chi connectivity index (χ0) is 15.5. The summed E-state index contributed by atoms with van der Waals surface area (Å²) in [5.41, 5.74) is 1.94. The number of ketones is 1. The smallest absolute Gasteiger partial charge is 0.211 e. The van der Waals surface area contributed by atoms with E-state index in [0.717, 1.165) is 24.8 Å². The largest absolute Gasteiger partial charge is 0.294 e. The fourth-order valence-electron chi connectivity index (χ4n) is 2.80. The van der Waals surface area contributed by atoms with Crippen LogP contribution in [0.15, 0.2) is 24.3 Å². The number of sulfonamides is 1. The normalized spacial score (nSPS) is 20.4. The summed E-state index contributed by atoms with van der Waals surface area (Å²) in [6.07, 6.45) is 4.38. The topological polar surface area (TPSA) is 54.5 Å². The lowest BCUT2D eigenvalue weighted by molar-refractivity contribution is 0.0942. The van der Waals surface area contributed by atoms with Crippen LogP contribution in [0.1, 0.15) is 42.1 Å². The molecule has 1 aliphatic rings.